The summed E-state index contributed by atoms with van der Waals surface area (Å²) in [6, 6.07) is 15.6. The number of carbonyl (C=O) groups is 1. The minimum atomic E-state index is -0.370. The number of carbonyl (C=O) groups excluding carboxylic acids is 1. The van der Waals surface area contributed by atoms with Crippen LogP contribution in [-0.2, 0) is 5.54 Å². The van der Waals surface area contributed by atoms with E-state index in [1.807, 2.05) is 37.3 Å². The first kappa shape index (κ1) is 16.0. The average Bonchev–Trinajstić information content (AvgIpc) is 2.58. The Balaban J connectivity index is 1.93. The summed E-state index contributed by atoms with van der Waals surface area (Å²) in [7, 11) is 0. The lowest BCUT2D eigenvalue weighted by atomic mass is 9.82. The summed E-state index contributed by atoms with van der Waals surface area (Å²) in [5, 5.41) is 7.27. The average molecular weight is 329 g/mol. The van der Waals surface area contributed by atoms with E-state index in [0.29, 0.717) is 10.6 Å². The fourth-order valence-electron chi connectivity index (χ4n) is 3.21. The van der Waals surface area contributed by atoms with Crippen molar-refractivity contribution in [2.24, 2.45) is 0 Å². The zero-order valence-corrected chi connectivity index (χ0v) is 14.0. The summed E-state index contributed by atoms with van der Waals surface area (Å²) in [4.78, 5) is 12.9. The largest absolute Gasteiger partial charge is 0.341 e. The third-order valence-corrected chi connectivity index (χ3v) is 4.74. The number of halogens is 1. The topological polar surface area (TPSA) is 41.1 Å². The maximum absolute atomic E-state index is 12.9. The molecule has 0 radical (unpaired) electrons. The van der Waals surface area contributed by atoms with E-state index in [0.717, 1.165) is 37.1 Å². The van der Waals surface area contributed by atoms with Crippen molar-refractivity contribution in [3.05, 3.63) is 70.2 Å². The van der Waals surface area contributed by atoms with Crippen LogP contribution in [0.2, 0.25) is 5.02 Å². The summed E-state index contributed by atoms with van der Waals surface area (Å²) >= 11 is 6.06. The lowest BCUT2D eigenvalue weighted by Gasteiger charge is -2.39. The Morgan fingerprint density at radius 1 is 1.22 bits per heavy atom. The van der Waals surface area contributed by atoms with Gasteiger partial charge in [0.25, 0.3) is 5.91 Å². The molecule has 120 valence electrons. The van der Waals surface area contributed by atoms with Crippen molar-refractivity contribution in [3.63, 3.8) is 0 Å². The molecule has 2 aromatic carbocycles. The molecule has 23 heavy (non-hydrogen) atoms. The van der Waals surface area contributed by atoms with Crippen LogP contribution in [0.4, 0.5) is 0 Å². The van der Waals surface area contributed by atoms with Crippen LogP contribution in [0.5, 0.6) is 0 Å². The van der Waals surface area contributed by atoms with Gasteiger partial charge in [-0.3, -0.25) is 4.79 Å². The molecule has 0 aliphatic carbocycles. The van der Waals surface area contributed by atoms with Gasteiger partial charge in [-0.05, 0) is 49.6 Å². The molecular weight excluding hydrogens is 308 g/mol. The van der Waals surface area contributed by atoms with Crippen LogP contribution in [0.3, 0.4) is 0 Å². The zero-order valence-electron chi connectivity index (χ0n) is 13.2. The number of benzene rings is 2. The Labute approximate surface area is 142 Å². The van der Waals surface area contributed by atoms with E-state index in [4.69, 9.17) is 11.6 Å². The van der Waals surface area contributed by atoms with Gasteiger partial charge in [0.15, 0.2) is 0 Å². The normalized spacial score (nSPS) is 21.0. The van der Waals surface area contributed by atoms with E-state index in [1.165, 1.54) is 0 Å². The molecule has 0 spiro atoms. The standard InChI is InChI=1S/C19H21ClN2O/c1-14-8-9-16(20)12-17(14)18(23)22-19(10-5-11-21-13-19)15-6-3-2-4-7-15/h2-4,6-9,12,21H,5,10-11,13H2,1H3,(H,22,23)/t19-/m1/s1. The second-order valence-electron chi connectivity index (χ2n) is 6.14. The molecular formula is C19H21ClN2O. The lowest BCUT2D eigenvalue weighted by Crippen LogP contribution is -2.55. The van der Waals surface area contributed by atoms with Gasteiger partial charge in [-0.1, -0.05) is 48.0 Å². The van der Waals surface area contributed by atoms with Gasteiger partial charge < -0.3 is 10.6 Å². The number of hydrogen-bond donors (Lipinski definition) is 2. The van der Waals surface area contributed by atoms with Crippen LogP contribution in [0.1, 0.15) is 34.3 Å². The van der Waals surface area contributed by atoms with Gasteiger partial charge >= 0.3 is 0 Å². The van der Waals surface area contributed by atoms with Crippen molar-refractivity contribution in [1.29, 1.82) is 0 Å². The Kier molecular flexibility index (Phi) is 4.69. The predicted molar refractivity (Wildman–Crippen MR) is 93.9 cm³/mol. The second-order valence-corrected chi connectivity index (χ2v) is 6.58. The SMILES string of the molecule is Cc1ccc(Cl)cc1C(=O)N[C@]1(c2ccccc2)CCCNC1. The third kappa shape index (κ3) is 3.41. The highest BCUT2D eigenvalue weighted by atomic mass is 35.5. The molecule has 1 heterocycles. The van der Waals surface area contributed by atoms with Gasteiger partial charge in [-0.2, -0.15) is 0 Å². The molecule has 1 atom stereocenters. The molecule has 2 aromatic rings. The zero-order chi connectivity index (χ0) is 16.3. The van der Waals surface area contributed by atoms with Crippen molar-refractivity contribution in [3.8, 4) is 0 Å². The van der Waals surface area contributed by atoms with Crippen molar-refractivity contribution in [1.82, 2.24) is 10.6 Å². The molecule has 0 saturated carbocycles. The molecule has 1 aliphatic rings. The molecule has 0 bridgehead atoms. The lowest BCUT2D eigenvalue weighted by molar-refractivity contribution is 0.0876. The first-order valence-electron chi connectivity index (χ1n) is 7.96. The van der Waals surface area contributed by atoms with Crippen molar-refractivity contribution < 1.29 is 4.79 Å². The second kappa shape index (κ2) is 6.73. The fraction of sp³-hybridized carbons (Fsp3) is 0.316. The van der Waals surface area contributed by atoms with E-state index in [-0.39, 0.29) is 11.4 Å². The van der Waals surface area contributed by atoms with Crippen LogP contribution < -0.4 is 10.6 Å². The Bertz CT molecular complexity index is 694. The fourth-order valence-corrected chi connectivity index (χ4v) is 3.38. The quantitative estimate of drug-likeness (QED) is 0.903. The molecule has 1 saturated heterocycles. The first-order chi connectivity index (χ1) is 11.1. The summed E-state index contributed by atoms with van der Waals surface area (Å²) in [5.74, 6) is -0.0717. The number of nitrogens with one attached hydrogen (secondary N) is 2. The van der Waals surface area contributed by atoms with Crippen LogP contribution in [0, 0.1) is 6.92 Å². The summed E-state index contributed by atoms with van der Waals surface area (Å²) in [5.41, 5.74) is 2.34. The summed E-state index contributed by atoms with van der Waals surface area (Å²) < 4.78 is 0. The number of hydrogen-bond acceptors (Lipinski definition) is 2. The highest BCUT2D eigenvalue weighted by molar-refractivity contribution is 6.31. The Morgan fingerprint density at radius 3 is 2.70 bits per heavy atom. The van der Waals surface area contributed by atoms with E-state index in [9.17, 15) is 4.79 Å². The molecule has 4 heteroatoms. The maximum Gasteiger partial charge on any atom is 0.252 e. The van der Waals surface area contributed by atoms with E-state index >= 15 is 0 Å². The smallest absolute Gasteiger partial charge is 0.252 e. The molecule has 1 amide bonds. The van der Waals surface area contributed by atoms with Gasteiger partial charge in [0, 0.05) is 17.1 Å². The van der Waals surface area contributed by atoms with Crippen LogP contribution in [0.25, 0.3) is 0 Å². The number of rotatable bonds is 3. The van der Waals surface area contributed by atoms with Gasteiger partial charge in [0.2, 0.25) is 0 Å². The van der Waals surface area contributed by atoms with Gasteiger partial charge in [-0.15, -0.1) is 0 Å². The molecule has 1 fully saturated rings. The molecule has 3 rings (SSSR count). The minimum absolute atomic E-state index is 0.0717. The summed E-state index contributed by atoms with van der Waals surface area (Å²) in [6.45, 7) is 3.66. The van der Waals surface area contributed by atoms with Crippen molar-refractivity contribution in [2.75, 3.05) is 13.1 Å². The van der Waals surface area contributed by atoms with E-state index in [1.54, 1.807) is 6.07 Å². The molecule has 0 aromatic heterocycles. The highest BCUT2D eigenvalue weighted by Gasteiger charge is 2.35. The Hall–Kier alpha value is -1.84. The third-order valence-electron chi connectivity index (χ3n) is 4.51. The first-order valence-corrected chi connectivity index (χ1v) is 8.33. The molecule has 1 aliphatic heterocycles. The highest BCUT2D eigenvalue weighted by Crippen LogP contribution is 2.29. The molecule has 0 unspecified atom stereocenters. The minimum Gasteiger partial charge on any atom is -0.341 e. The number of aryl methyl sites for hydroxylation is 1. The number of piperidine rings is 1. The van der Waals surface area contributed by atoms with Crippen LogP contribution in [0.15, 0.2) is 48.5 Å². The van der Waals surface area contributed by atoms with Crippen molar-refractivity contribution >= 4 is 17.5 Å². The van der Waals surface area contributed by atoms with Crippen molar-refractivity contribution in [2.45, 2.75) is 25.3 Å². The Morgan fingerprint density at radius 2 is 2.00 bits per heavy atom. The maximum atomic E-state index is 12.9. The van der Waals surface area contributed by atoms with Crippen LogP contribution >= 0.6 is 11.6 Å². The summed E-state index contributed by atoms with van der Waals surface area (Å²) in [6.07, 6.45) is 1.96. The van der Waals surface area contributed by atoms with Gasteiger partial charge in [-0.25, -0.2) is 0 Å². The molecule has 2 N–H and O–H groups in total. The van der Waals surface area contributed by atoms with E-state index < -0.39 is 0 Å². The predicted octanol–water partition coefficient (Wildman–Crippen LogP) is 3.66. The van der Waals surface area contributed by atoms with Gasteiger partial charge in [0.05, 0.1) is 5.54 Å². The van der Waals surface area contributed by atoms with E-state index in [2.05, 4.69) is 22.8 Å². The monoisotopic (exact) mass is 328 g/mol. The number of amides is 1. The van der Waals surface area contributed by atoms with Crippen LogP contribution in [-0.4, -0.2) is 19.0 Å². The molecule has 3 nitrogen and oxygen atoms in total. The van der Waals surface area contributed by atoms with Gasteiger partial charge in [0.1, 0.15) is 0 Å².